The predicted molar refractivity (Wildman–Crippen MR) is 54.3 cm³/mol. The molecule has 0 aliphatic carbocycles. The Balaban J connectivity index is 2.79. The third-order valence-electron chi connectivity index (χ3n) is 1.91. The standard InChI is InChI=1S/C10H5BrO3/c11-7-3-1-2-6-5-14-10(9(6)7)8(13)4-12/h1-5H. The summed E-state index contributed by atoms with van der Waals surface area (Å²) in [5, 5.41) is 1.44. The van der Waals surface area contributed by atoms with E-state index in [1.54, 1.807) is 6.07 Å². The van der Waals surface area contributed by atoms with Crippen LogP contribution in [0.4, 0.5) is 0 Å². The number of carbonyl (C=O) groups is 2. The largest absolute Gasteiger partial charge is 0.459 e. The number of hydrogen-bond donors (Lipinski definition) is 0. The molecule has 1 aromatic carbocycles. The Morgan fingerprint density at radius 2 is 2.21 bits per heavy atom. The lowest BCUT2D eigenvalue weighted by Gasteiger charge is -1.93. The molecule has 0 saturated carbocycles. The van der Waals surface area contributed by atoms with Gasteiger partial charge in [-0.05, 0) is 6.07 Å². The molecule has 70 valence electrons. The van der Waals surface area contributed by atoms with Gasteiger partial charge in [0.1, 0.15) is 0 Å². The van der Waals surface area contributed by atoms with E-state index in [1.165, 1.54) is 6.26 Å². The molecule has 0 spiro atoms. The summed E-state index contributed by atoms with van der Waals surface area (Å²) in [7, 11) is 0. The van der Waals surface area contributed by atoms with E-state index in [-0.39, 0.29) is 12.0 Å². The van der Waals surface area contributed by atoms with Gasteiger partial charge < -0.3 is 4.42 Å². The first-order valence-electron chi connectivity index (χ1n) is 3.89. The summed E-state index contributed by atoms with van der Waals surface area (Å²) in [6.07, 6.45) is 1.70. The van der Waals surface area contributed by atoms with Crippen molar-refractivity contribution in [1.82, 2.24) is 0 Å². The third-order valence-corrected chi connectivity index (χ3v) is 2.57. The summed E-state index contributed by atoms with van der Waals surface area (Å²) in [5.41, 5.74) is 0. The molecule has 0 unspecified atom stereocenters. The molecule has 0 fully saturated rings. The quantitative estimate of drug-likeness (QED) is 0.469. The molecule has 0 atom stereocenters. The second kappa shape index (κ2) is 3.38. The van der Waals surface area contributed by atoms with Crippen LogP contribution in [-0.2, 0) is 4.79 Å². The molecule has 2 rings (SSSR count). The summed E-state index contributed by atoms with van der Waals surface area (Å²) < 4.78 is 5.78. The van der Waals surface area contributed by atoms with Crippen molar-refractivity contribution in [2.75, 3.05) is 0 Å². The lowest BCUT2D eigenvalue weighted by molar-refractivity contribution is -0.104. The van der Waals surface area contributed by atoms with E-state index in [2.05, 4.69) is 15.9 Å². The minimum atomic E-state index is -0.646. The van der Waals surface area contributed by atoms with Crippen molar-refractivity contribution < 1.29 is 14.0 Å². The van der Waals surface area contributed by atoms with Crippen LogP contribution in [0.3, 0.4) is 0 Å². The number of benzene rings is 1. The average molecular weight is 253 g/mol. The van der Waals surface area contributed by atoms with Gasteiger partial charge in [-0.2, -0.15) is 0 Å². The monoisotopic (exact) mass is 252 g/mol. The fourth-order valence-electron chi connectivity index (χ4n) is 1.29. The van der Waals surface area contributed by atoms with Crippen molar-refractivity contribution in [3.63, 3.8) is 0 Å². The fraction of sp³-hybridized carbons (Fsp3) is 0. The van der Waals surface area contributed by atoms with E-state index < -0.39 is 5.78 Å². The van der Waals surface area contributed by atoms with E-state index in [0.717, 1.165) is 9.86 Å². The average Bonchev–Trinajstić information content (AvgIpc) is 2.62. The van der Waals surface area contributed by atoms with Gasteiger partial charge in [0, 0.05) is 15.2 Å². The van der Waals surface area contributed by atoms with Crippen LogP contribution in [0.1, 0.15) is 10.6 Å². The second-order valence-electron chi connectivity index (χ2n) is 2.75. The summed E-state index contributed by atoms with van der Waals surface area (Å²) in [5.74, 6) is -0.561. The molecule has 0 bridgehead atoms. The van der Waals surface area contributed by atoms with Gasteiger partial charge in [0.05, 0.1) is 6.26 Å². The van der Waals surface area contributed by atoms with Crippen LogP contribution in [-0.4, -0.2) is 12.1 Å². The minimum Gasteiger partial charge on any atom is -0.459 e. The minimum absolute atomic E-state index is 0.0856. The molecule has 0 radical (unpaired) electrons. The van der Waals surface area contributed by atoms with Crippen molar-refractivity contribution >= 4 is 38.8 Å². The van der Waals surface area contributed by atoms with Gasteiger partial charge >= 0.3 is 0 Å². The number of hydrogen-bond acceptors (Lipinski definition) is 3. The van der Waals surface area contributed by atoms with Crippen molar-refractivity contribution in [3.8, 4) is 0 Å². The molecular formula is C10H5BrO3. The molecule has 3 nitrogen and oxygen atoms in total. The van der Waals surface area contributed by atoms with Gasteiger partial charge in [-0.25, -0.2) is 0 Å². The highest BCUT2D eigenvalue weighted by Crippen LogP contribution is 2.28. The highest BCUT2D eigenvalue weighted by Gasteiger charge is 2.15. The molecule has 4 heteroatoms. The Morgan fingerprint density at radius 3 is 2.93 bits per heavy atom. The molecule has 0 N–H and O–H groups in total. The first-order chi connectivity index (χ1) is 6.74. The molecule has 0 aliphatic rings. The van der Waals surface area contributed by atoms with Crippen molar-refractivity contribution in [1.29, 1.82) is 0 Å². The summed E-state index contributed by atoms with van der Waals surface area (Å²) in [6, 6.07) is 5.43. The van der Waals surface area contributed by atoms with Gasteiger partial charge in [-0.15, -0.1) is 0 Å². The smallest absolute Gasteiger partial charge is 0.261 e. The zero-order chi connectivity index (χ0) is 10.1. The van der Waals surface area contributed by atoms with Crippen LogP contribution < -0.4 is 0 Å². The third kappa shape index (κ3) is 1.28. The molecular weight excluding hydrogens is 248 g/mol. The zero-order valence-corrected chi connectivity index (χ0v) is 8.58. The number of fused-ring (bicyclic) bond motifs is 1. The topological polar surface area (TPSA) is 47.3 Å². The summed E-state index contributed by atoms with van der Waals surface area (Å²) in [4.78, 5) is 21.5. The molecule has 0 aliphatic heterocycles. The SMILES string of the molecule is O=CC(=O)c1occ2cccc(Br)c12. The fourth-order valence-corrected chi connectivity index (χ4v) is 1.86. The second-order valence-corrected chi connectivity index (χ2v) is 3.61. The molecule has 14 heavy (non-hydrogen) atoms. The number of Topliss-reactive ketones (excluding diaryl/α,β-unsaturated/α-hetero) is 1. The van der Waals surface area contributed by atoms with E-state index in [9.17, 15) is 9.59 Å². The Hall–Kier alpha value is -1.42. The van der Waals surface area contributed by atoms with Gasteiger partial charge in [-0.3, -0.25) is 9.59 Å². The first kappa shape index (κ1) is 9.15. The molecule has 2 aromatic rings. The van der Waals surface area contributed by atoms with E-state index in [4.69, 9.17) is 4.42 Å². The number of ketones is 1. The van der Waals surface area contributed by atoms with Crippen LogP contribution in [0.2, 0.25) is 0 Å². The Bertz CT molecular complexity index is 513. The highest BCUT2D eigenvalue weighted by molar-refractivity contribution is 9.10. The normalized spacial score (nSPS) is 10.4. The maximum atomic E-state index is 11.2. The van der Waals surface area contributed by atoms with Gasteiger partial charge in [0.2, 0.25) is 0 Å². The van der Waals surface area contributed by atoms with Crippen LogP contribution in [0.15, 0.2) is 33.4 Å². The number of carbonyl (C=O) groups excluding carboxylic acids is 2. The van der Waals surface area contributed by atoms with Gasteiger partial charge in [-0.1, -0.05) is 28.1 Å². The molecule has 0 saturated heterocycles. The van der Waals surface area contributed by atoms with Crippen molar-refractivity contribution in [2.45, 2.75) is 0 Å². The molecule has 0 amide bonds. The lowest BCUT2D eigenvalue weighted by Crippen LogP contribution is -1.97. The lowest BCUT2D eigenvalue weighted by atomic mass is 10.1. The predicted octanol–water partition coefficient (Wildman–Crippen LogP) is 2.58. The number of aldehydes is 1. The van der Waals surface area contributed by atoms with E-state index >= 15 is 0 Å². The summed E-state index contributed by atoms with van der Waals surface area (Å²) >= 11 is 3.30. The Kier molecular flexibility index (Phi) is 2.21. The van der Waals surface area contributed by atoms with Crippen LogP contribution in [0.25, 0.3) is 10.8 Å². The van der Waals surface area contributed by atoms with E-state index in [0.29, 0.717) is 5.39 Å². The van der Waals surface area contributed by atoms with Gasteiger partial charge in [0.15, 0.2) is 12.0 Å². The zero-order valence-electron chi connectivity index (χ0n) is 6.99. The highest BCUT2D eigenvalue weighted by atomic mass is 79.9. The molecule has 1 heterocycles. The van der Waals surface area contributed by atoms with E-state index in [1.807, 2.05) is 12.1 Å². The first-order valence-corrected chi connectivity index (χ1v) is 4.68. The van der Waals surface area contributed by atoms with Crippen LogP contribution in [0, 0.1) is 0 Å². The number of rotatable bonds is 2. The van der Waals surface area contributed by atoms with Crippen molar-refractivity contribution in [2.24, 2.45) is 0 Å². The molecule has 1 aromatic heterocycles. The Labute approximate surface area is 87.8 Å². The number of halogens is 1. The van der Waals surface area contributed by atoms with Crippen LogP contribution >= 0.6 is 15.9 Å². The van der Waals surface area contributed by atoms with Gasteiger partial charge in [0.25, 0.3) is 5.78 Å². The number of furan rings is 1. The maximum absolute atomic E-state index is 11.2. The Morgan fingerprint density at radius 1 is 1.43 bits per heavy atom. The van der Waals surface area contributed by atoms with Crippen LogP contribution in [0.5, 0.6) is 0 Å². The summed E-state index contributed by atoms with van der Waals surface area (Å²) in [6.45, 7) is 0. The maximum Gasteiger partial charge on any atom is 0.261 e. The van der Waals surface area contributed by atoms with Crippen molar-refractivity contribution in [3.05, 3.63) is 34.7 Å².